The summed E-state index contributed by atoms with van der Waals surface area (Å²) in [4.78, 5) is 25.3. The molecule has 1 aliphatic heterocycles. The number of hydrogen-bond acceptors (Lipinski definition) is 3. The first-order valence-electron chi connectivity index (χ1n) is 8.49. The van der Waals surface area contributed by atoms with Gasteiger partial charge in [0.2, 0.25) is 0 Å². The molecule has 25 heavy (non-hydrogen) atoms. The third-order valence-corrected chi connectivity index (χ3v) is 5.33. The minimum atomic E-state index is -4.69. The number of likely N-dealkylation sites (tertiary alicyclic amines) is 1. The molecular weight excluding hydrogens is 337 g/mol. The zero-order valence-electron chi connectivity index (χ0n) is 13.8. The van der Waals surface area contributed by atoms with Crippen LogP contribution in [0.3, 0.4) is 0 Å². The molecule has 0 amide bonds. The Kier molecular flexibility index (Phi) is 4.66. The minimum Gasteiger partial charge on any atom is -0.477 e. The van der Waals surface area contributed by atoms with E-state index in [2.05, 4.69) is 4.90 Å². The smallest absolute Gasteiger partial charge is 0.431 e. The van der Waals surface area contributed by atoms with E-state index in [1.807, 2.05) is 0 Å². The van der Waals surface area contributed by atoms with Crippen LogP contribution in [0.5, 0.6) is 0 Å². The van der Waals surface area contributed by atoms with Crippen LogP contribution in [-0.4, -0.2) is 40.2 Å². The van der Waals surface area contributed by atoms with Crippen LogP contribution in [0.2, 0.25) is 0 Å². The van der Waals surface area contributed by atoms with E-state index < -0.39 is 29.0 Å². The summed E-state index contributed by atoms with van der Waals surface area (Å²) in [5, 5.41) is 8.96. The molecule has 138 valence electrons. The largest absolute Gasteiger partial charge is 0.477 e. The van der Waals surface area contributed by atoms with Crippen LogP contribution in [0, 0.1) is 5.41 Å². The highest BCUT2D eigenvalue weighted by Crippen LogP contribution is 2.45. The number of aromatic carboxylic acids is 1. The molecule has 1 aromatic heterocycles. The molecule has 2 heterocycles. The van der Waals surface area contributed by atoms with Crippen molar-refractivity contribution in [1.82, 2.24) is 9.47 Å². The average molecular weight is 358 g/mol. The molecule has 1 aromatic rings. The van der Waals surface area contributed by atoms with Crippen molar-refractivity contribution >= 4 is 5.97 Å². The molecule has 2 aliphatic rings. The van der Waals surface area contributed by atoms with Crippen molar-refractivity contribution in [3.8, 4) is 0 Å². The maximum atomic E-state index is 13.1. The first kappa shape index (κ1) is 18.0. The van der Waals surface area contributed by atoms with Gasteiger partial charge in [-0.2, -0.15) is 13.2 Å². The van der Waals surface area contributed by atoms with Gasteiger partial charge in [0.1, 0.15) is 11.3 Å². The monoisotopic (exact) mass is 358 g/mol. The number of pyridine rings is 1. The summed E-state index contributed by atoms with van der Waals surface area (Å²) in [7, 11) is 0. The van der Waals surface area contributed by atoms with Gasteiger partial charge in [-0.25, -0.2) is 4.79 Å². The maximum Gasteiger partial charge on any atom is 0.431 e. The summed E-state index contributed by atoms with van der Waals surface area (Å²) < 4.78 is 39.9. The third-order valence-electron chi connectivity index (χ3n) is 5.33. The van der Waals surface area contributed by atoms with Crippen LogP contribution in [-0.2, 0) is 12.7 Å². The van der Waals surface area contributed by atoms with Crippen LogP contribution in [0.15, 0.2) is 16.9 Å². The summed E-state index contributed by atoms with van der Waals surface area (Å²) in [6, 6.07) is 1.39. The SMILES string of the molecule is O=C(O)c1ccc(C(F)(F)F)n(CCCN2CC3(CCCC3)C2)c1=O. The van der Waals surface area contributed by atoms with Crippen molar-refractivity contribution in [2.75, 3.05) is 19.6 Å². The number of carboxylic acid groups (broad SMARTS) is 1. The van der Waals surface area contributed by atoms with Gasteiger partial charge in [-0.1, -0.05) is 12.8 Å². The van der Waals surface area contributed by atoms with Crippen molar-refractivity contribution in [3.63, 3.8) is 0 Å². The fourth-order valence-corrected chi connectivity index (χ4v) is 4.16. The quantitative estimate of drug-likeness (QED) is 0.879. The topological polar surface area (TPSA) is 62.5 Å². The molecule has 8 heteroatoms. The Bertz CT molecular complexity index is 713. The summed E-state index contributed by atoms with van der Waals surface area (Å²) in [6.45, 7) is 2.42. The van der Waals surface area contributed by atoms with Crippen LogP contribution >= 0.6 is 0 Å². The zero-order chi connectivity index (χ0) is 18.2. The van der Waals surface area contributed by atoms with E-state index in [4.69, 9.17) is 5.11 Å². The molecule has 0 atom stereocenters. The standard InChI is InChI=1S/C17H21F3N2O3/c18-17(19,20)13-5-4-12(15(24)25)14(23)22(13)9-3-8-21-10-16(11-21)6-1-2-7-16/h4-5H,1-3,6-11H2,(H,24,25). The molecule has 1 saturated heterocycles. The molecule has 1 saturated carbocycles. The number of carboxylic acids is 1. The maximum absolute atomic E-state index is 13.1. The number of alkyl halides is 3. The van der Waals surface area contributed by atoms with E-state index >= 15 is 0 Å². The van der Waals surface area contributed by atoms with Crippen molar-refractivity contribution in [2.45, 2.75) is 44.8 Å². The molecule has 1 N–H and O–H groups in total. The van der Waals surface area contributed by atoms with Crippen molar-refractivity contribution in [1.29, 1.82) is 0 Å². The fraction of sp³-hybridized carbons (Fsp3) is 0.647. The van der Waals surface area contributed by atoms with Crippen LogP contribution in [0.4, 0.5) is 13.2 Å². The number of halogens is 3. The van der Waals surface area contributed by atoms with Gasteiger partial charge in [-0.05, 0) is 43.4 Å². The third kappa shape index (κ3) is 3.58. The molecule has 3 rings (SSSR count). The molecule has 1 aliphatic carbocycles. The molecule has 0 radical (unpaired) electrons. The van der Waals surface area contributed by atoms with Gasteiger partial charge < -0.3 is 14.6 Å². The van der Waals surface area contributed by atoms with Gasteiger partial charge in [-0.15, -0.1) is 0 Å². The normalized spacial score (nSPS) is 20.0. The van der Waals surface area contributed by atoms with Crippen LogP contribution in [0.1, 0.15) is 48.2 Å². The van der Waals surface area contributed by atoms with Gasteiger partial charge >= 0.3 is 12.1 Å². The summed E-state index contributed by atoms with van der Waals surface area (Å²) >= 11 is 0. The molecule has 2 fully saturated rings. The van der Waals surface area contributed by atoms with Gasteiger partial charge in [0, 0.05) is 19.6 Å². The molecule has 5 nitrogen and oxygen atoms in total. The molecule has 0 unspecified atom stereocenters. The van der Waals surface area contributed by atoms with E-state index in [0.29, 0.717) is 29.0 Å². The summed E-state index contributed by atoms with van der Waals surface area (Å²) in [5.74, 6) is -1.52. The van der Waals surface area contributed by atoms with Gasteiger partial charge in [0.25, 0.3) is 5.56 Å². The predicted molar refractivity (Wildman–Crippen MR) is 84.6 cm³/mol. The Balaban J connectivity index is 1.67. The van der Waals surface area contributed by atoms with Crippen molar-refractivity contribution < 1.29 is 23.1 Å². The zero-order valence-corrected chi connectivity index (χ0v) is 13.8. The molecular formula is C17H21F3N2O3. The lowest BCUT2D eigenvalue weighted by Crippen LogP contribution is -2.55. The Labute approximate surface area is 143 Å². The second kappa shape index (κ2) is 6.48. The number of nitrogens with zero attached hydrogens (tertiary/aromatic N) is 2. The number of rotatable bonds is 5. The molecule has 1 spiro atoms. The van der Waals surface area contributed by atoms with Crippen molar-refractivity contribution in [2.24, 2.45) is 5.41 Å². The Morgan fingerprint density at radius 1 is 1.16 bits per heavy atom. The van der Waals surface area contributed by atoms with E-state index in [9.17, 15) is 22.8 Å². The van der Waals surface area contributed by atoms with Crippen molar-refractivity contribution in [3.05, 3.63) is 33.7 Å². The average Bonchev–Trinajstić information content (AvgIpc) is 2.96. The second-order valence-electron chi connectivity index (χ2n) is 7.16. The lowest BCUT2D eigenvalue weighted by molar-refractivity contribution is -0.144. The van der Waals surface area contributed by atoms with Gasteiger partial charge in [0.05, 0.1) is 0 Å². The number of hydrogen-bond donors (Lipinski definition) is 1. The van der Waals surface area contributed by atoms with Crippen LogP contribution in [0.25, 0.3) is 0 Å². The Morgan fingerprint density at radius 3 is 2.36 bits per heavy atom. The fourth-order valence-electron chi connectivity index (χ4n) is 4.16. The highest BCUT2D eigenvalue weighted by Gasteiger charge is 2.44. The van der Waals surface area contributed by atoms with Gasteiger partial charge in [-0.3, -0.25) is 4.79 Å². The number of aromatic nitrogens is 1. The van der Waals surface area contributed by atoms with E-state index in [1.54, 1.807) is 0 Å². The Hall–Kier alpha value is -1.83. The lowest BCUT2D eigenvalue weighted by atomic mass is 9.78. The van der Waals surface area contributed by atoms with E-state index in [1.165, 1.54) is 25.7 Å². The predicted octanol–water partition coefficient (Wildman–Crippen LogP) is 2.83. The van der Waals surface area contributed by atoms with Crippen LogP contribution < -0.4 is 5.56 Å². The highest BCUT2D eigenvalue weighted by atomic mass is 19.4. The second-order valence-corrected chi connectivity index (χ2v) is 7.16. The first-order valence-corrected chi connectivity index (χ1v) is 8.49. The van der Waals surface area contributed by atoms with E-state index in [-0.39, 0.29) is 6.54 Å². The highest BCUT2D eigenvalue weighted by molar-refractivity contribution is 5.87. The molecule has 0 bridgehead atoms. The lowest BCUT2D eigenvalue weighted by Gasteiger charge is -2.48. The minimum absolute atomic E-state index is 0.141. The Morgan fingerprint density at radius 2 is 1.80 bits per heavy atom. The summed E-state index contributed by atoms with van der Waals surface area (Å²) in [6.07, 6.45) is 0.632. The first-order chi connectivity index (χ1) is 11.7. The van der Waals surface area contributed by atoms with E-state index in [0.717, 1.165) is 19.2 Å². The molecule has 0 aromatic carbocycles. The van der Waals surface area contributed by atoms with Gasteiger partial charge in [0.15, 0.2) is 0 Å². The summed E-state index contributed by atoms with van der Waals surface area (Å²) in [5.41, 5.74) is -2.42. The number of carbonyl (C=O) groups is 1.